The van der Waals surface area contributed by atoms with Gasteiger partial charge in [0.25, 0.3) is 0 Å². The van der Waals surface area contributed by atoms with Crippen LogP contribution in [0, 0.1) is 0 Å². The number of amides is 1. The fraction of sp³-hybridized carbons (Fsp3) is 0.350. The number of carbonyl (C=O) groups excluding carboxylic acids is 1. The number of hydrogen-bond acceptors (Lipinski definition) is 4. The summed E-state index contributed by atoms with van der Waals surface area (Å²) in [4.78, 5) is 13.1. The van der Waals surface area contributed by atoms with E-state index in [1.165, 1.54) is 0 Å². The second kappa shape index (κ2) is 6.73. The van der Waals surface area contributed by atoms with E-state index in [-0.39, 0.29) is 17.4 Å². The number of thioether (sulfide) groups is 1. The van der Waals surface area contributed by atoms with Crippen molar-refractivity contribution in [3.05, 3.63) is 59.7 Å². The highest BCUT2D eigenvalue weighted by molar-refractivity contribution is 7.99. The van der Waals surface area contributed by atoms with Gasteiger partial charge in [0.15, 0.2) is 0 Å². The Morgan fingerprint density at radius 1 is 1.20 bits per heavy atom. The van der Waals surface area contributed by atoms with Crippen molar-refractivity contribution in [1.82, 2.24) is 5.32 Å². The molecule has 4 rings (SSSR count). The van der Waals surface area contributed by atoms with Crippen LogP contribution in [0.1, 0.15) is 23.5 Å². The summed E-state index contributed by atoms with van der Waals surface area (Å²) in [6.07, 6.45) is 0.968. The van der Waals surface area contributed by atoms with E-state index in [1.54, 1.807) is 7.11 Å². The van der Waals surface area contributed by atoms with E-state index < -0.39 is 0 Å². The smallest absolute Gasteiger partial charge is 0.232 e. The van der Waals surface area contributed by atoms with Gasteiger partial charge in [0.1, 0.15) is 11.5 Å². The first-order chi connectivity index (χ1) is 12.2. The van der Waals surface area contributed by atoms with Gasteiger partial charge in [-0.25, -0.2) is 0 Å². The minimum atomic E-state index is -0.357. The first-order valence-corrected chi connectivity index (χ1v) is 9.64. The Morgan fingerprint density at radius 2 is 1.84 bits per heavy atom. The number of para-hydroxylation sites is 2. The number of nitrogens with one attached hydrogen (secondary N) is 1. The summed E-state index contributed by atoms with van der Waals surface area (Å²) in [5, 5.41) is 3.14. The molecule has 2 heterocycles. The van der Waals surface area contributed by atoms with Crippen LogP contribution in [-0.2, 0) is 9.53 Å². The molecule has 4 nitrogen and oxygen atoms in total. The van der Waals surface area contributed by atoms with Crippen molar-refractivity contribution in [2.45, 2.75) is 17.9 Å². The highest BCUT2D eigenvalue weighted by atomic mass is 32.2. The molecule has 1 amide bonds. The highest BCUT2D eigenvalue weighted by Crippen LogP contribution is 2.44. The Labute approximate surface area is 151 Å². The lowest BCUT2D eigenvalue weighted by molar-refractivity contribution is -0.123. The molecule has 2 aromatic rings. The van der Waals surface area contributed by atoms with E-state index in [0.29, 0.717) is 6.54 Å². The van der Waals surface area contributed by atoms with Gasteiger partial charge in [0, 0.05) is 30.5 Å². The molecule has 0 aromatic heterocycles. The van der Waals surface area contributed by atoms with E-state index in [9.17, 15) is 4.79 Å². The van der Waals surface area contributed by atoms with Crippen molar-refractivity contribution in [1.29, 1.82) is 0 Å². The Hall–Kier alpha value is -1.98. The van der Waals surface area contributed by atoms with E-state index >= 15 is 0 Å². The molecule has 130 valence electrons. The average molecular weight is 355 g/mol. The lowest BCUT2D eigenvalue weighted by atomic mass is 9.87. The number of fused-ring (bicyclic) bond motifs is 2. The molecule has 1 N–H and O–H groups in total. The normalized spacial score (nSPS) is 22.0. The predicted octanol–water partition coefficient (Wildman–Crippen LogP) is 3.56. The Morgan fingerprint density at radius 3 is 2.40 bits per heavy atom. The standard InChI is InChI=1S/C20H21NO3S/c1-23-20(10-11-25-13-20)12-21-19(22)18-14-6-2-4-8-16(14)24-17-9-5-3-7-15(17)18/h2-9,18H,10-13H2,1H3,(H,21,22)/t20-/m0/s1. The van der Waals surface area contributed by atoms with Crippen molar-refractivity contribution in [2.75, 3.05) is 25.2 Å². The van der Waals surface area contributed by atoms with Gasteiger partial charge in [-0.3, -0.25) is 4.79 Å². The summed E-state index contributed by atoms with van der Waals surface area (Å²) in [5.74, 6) is 3.14. The average Bonchev–Trinajstić information content (AvgIpc) is 3.13. The van der Waals surface area contributed by atoms with Crippen LogP contribution >= 0.6 is 11.8 Å². The number of methoxy groups -OCH3 is 1. The molecule has 2 aliphatic heterocycles. The van der Waals surface area contributed by atoms with Crippen molar-refractivity contribution in [3.63, 3.8) is 0 Å². The van der Waals surface area contributed by atoms with Gasteiger partial charge in [-0.2, -0.15) is 11.8 Å². The van der Waals surface area contributed by atoms with Gasteiger partial charge in [0.05, 0.1) is 11.5 Å². The second-order valence-corrected chi connectivity index (χ2v) is 7.62. The van der Waals surface area contributed by atoms with Gasteiger partial charge in [-0.1, -0.05) is 36.4 Å². The summed E-state index contributed by atoms with van der Waals surface area (Å²) in [6.45, 7) is 0.539. The first kappa shape index (κ1) is 16.5. The molecule has 1 saturated heterocycles. The molecule has 0 radical (unpaired) electrons. The van der Waals surface area contributed by atoms with Gasteiger partial charge in [-0.15, -0.1) is 0 Å². The summed E-state index contributed by atoms with van der Waals surface area (Å²) < 4.78 is 11.7. The van der Waals surface area contributed by atoms with Crippen LogP contribution in [0.2, 0.25) is 0 Å². The number of ether oxygens (including phenoxy) is 2. The van der Waals surface area contributed by atoms with Crippen molar-refractivity contribution >= 4 is 17.7 Å². The number of benzene rings is 2. The third-order valence-electron chi connectivity index (χ3n) is 5.03. The molecular formula is C20H21NO3S. The van der Waals surface area contributed by atoms with E-state index in [2.05, 4.69) is 5.32 Å². The van der Waals surface area contributed by atoms with E-state index in [0.717, 1.165) is 40.6 Å². The zero-order valence-electron chi connectivity index (χ0n) is 14.2. The number of rotatable bonds is 4. The molecule has 2 aromatic carbocycles. The highest BCUT2D eigenvalue weighted by Gasteiger charge is 2.37. The summed E-state index contributed by atoms with van der Waals surface area (Å²) in [5.41, 5.74) is 1.57. The molecule has 0 spiro atoms. The zero-order chi connectivity index (χ0) is 17.3. The molecular weight excluding hydrogens is 334 g/mol. The van der Waals surface area contributed by atoms with Gasteiger partial charge >= 0.3 is 0 Å². The van der Waals surface area contributed by atoms with Gasteiger partial charge in [-0.05, 0) is 24.3 Å². The fourth-order valence-corrected chi connectivity index (χ4v) is 4.90. The first-order valence-electron chi connectivity index (χ1n) is 8.49. The van der Waals surface area contributed by atoms with Crippen LogP contribution in [0.5, 0.6) is 11.5 Å². The lowest BCUT2D eigenvalue weighted by Crippen LogP contribution is -2.46. The molecule has 0 unspecified atom stereocenters. The zero-order valence-corrected chi connectivity index (χ0v) is 15.0. The third-order valence-corrected chi connectivity index (χ3v) is 6.25. The topological polar surface area (TPSA) is 47.6 Å². The second-order valence-electron chi connectivity index (χ2n) is 6.52. The molecule has 25 heavy (non-hydrogen) atoms. The largest absolute Gasteiger partial charge is 0.457 e. The quantitative estimate of drug-likeness (QED) is 0.911. The van der Waals surface area contributed by atoms with Crippen LogP contribution < -0.4 is 10.1 Å². The molecule has 1 fully saturated rings. The van der Waals surface area contributed by atoms with Crippen LogP contribution in [0.15, 0.2) is 48.5 Å². The molecule has 1 atom stereocenters. The monoisotopic (exact) mass is 355 g/mol. The fourth-order valence-electron chi connectivity index (χ4n) is 3.50. The lowest BCUT2D eigenvalue weighted by Gasteiger charge is -2.30. The van der Waals surface area contributed by atoms with Crippen molar-refractivity contribution < 1.29 is 14.3 Å². The Balaban J connectivity index is 1.62. The molecule has 0 aliphatic carbocycles. The molecule has 2 aliphatic rings. The van der Waals surface area contributed by atoms with Crippen LogP contribution in [0.4, 0.5) is 0 Å². The molecule has 0 saturated carbocycles. The van der Waals surface area contributed by atoms with Crippen LogP contribution in [0.25, 0.3) is 0 Å². The summed E-state index contributed by atoms with van der Waals surface area (Å²) in [6, 6.07) is 15.5. The maximum Gasteiger partial charge on any atom is 0.232 e. The predicted molar refractivity (Wildman–Crippen MR) is 99.5 cm³/mol. The van der Waals surface area contributed by atoms with Crippen LogP contribution in [-0.4, -0.2) is 36.7 Å². The molecule has 0 bridgehead atoms. The van der Waals surface area contributed by atoms with Crippen molar-refractivity contribution in [3.8, 4) is 11.5 Å². The Bertz CT molecular complexity index is 741. The van der Waals surface area contributed by atoms with Crippen molar-refractivity contribution in [2.24, 2.45) is 0 Å². The third kappa shape index (κ3) is 3.02. The summed E-state index contributed by atoms with van der Waals surface area (Å²) >= 11 is 1.87. The van der Waals surface area contributed by atoms with Gasteiger partial charge < -0.3 is 14.8 Å². The summed E-state index contributed by atoms with van der Waals surface area (Å²) in [7, 11) is 1.73. The Kier molecular flexibility index (Phi) is 4.44. The maximum absolute atomic E-state index is 13.1. The maximum atomic E-state index is 13.1. The minimum absolute atomic E-state index is 0.00322. The minimum Gasteiger partial charge on any atom is -0.457 e. The van der Waals surface area contributed by atoms with Gasteiger partial charge in [0.2, 0.25) is 5.91 Å². The SMILES string of the molecule is CO[C@]1(CNC(=O)C2c3ccccc3Oc3ccccc32)CCSC1. The van der Waals surface area contributed by atoms with E-state index in [4.69, 9.17) is 9.47 Å². The van der Waals surface area contributed by atoms with Crippen LogP contribution in [0.3, 0.4) is 0 Å². The molecule has 5 heteroatoms. The number of carbonyl (C=O) groups is 1. The van der Waals surface area contributed by atoms with E-state index in [1.807, 2.05) is 60.3 Å². The number of hydrogen-bond donors (Lipinski definition) is 1.